The molecule has 0 aromatic carbocycles. The van der Waals surface area contributed by atoms with Crippen LogP contribution in [-0.2, 0) is 19.0 Å². The van der Waals surface area contributed by atoms with E-state index in [-0.39, 0.29) is 11.9 Å². The van der Waals surface area contributed by atoms with Gasteiger partial charge in [-0.2, -0.15) is 0 Å². The summed E-state index contributed by atoms with van der Waals surface area (Å²) in [6, 6.07) is 0. The summed E-state index contributed by atoms with van der Waals surface area (Å²) in [5.41, 5.74) is 0. The van der Waals surface area contributed by atoms with Gasteiger partial charge in [-0.25, -0.2) is 4.79 Å². The summed E-state index contributed by atoms with van der Waals surface area (Å²) in [6.07, 6.45) is 4.27. The number of carbonyl (C=O) groups excluding carboxylic acids is 2. The largest absolute Gasteiger partial charge is 0.449 e. The van der Waals surface area contributed by atoms with Crippen molar-refractivity contribution >= 4 is 11.9 Å². The number of hydrogen-bond acceptors (Lipinski definition) is 5. The number of fused-ring (bicyclic) bond motifs is 1. The number of alkyl carbamates (subject to hydrolysis) is 1. The van der Waals surface area contributed by atoms with Crippen LogP contribution in [0.3, 0.4) is 0 Å². The van der Waals surface area contributed by atoms with E-state index < -0.39 is 0 Å². The quantitative estimate of drug-likeness (QED) is 0.456. The first-order valence-corrected chi connectivity index (χ1v) is 9.19. The SMILES string of the molecule is CC(=O)CCOCCOCCNC(=O)OCC1C2CCC#CCCC21. The van der Waals surface area contributed by atoms with Crippen molar-refractivity contribution in [1.29, 1.82) is 0 Å². The minimum Gasteiger partial charge on any atom is -0.449 e. The monoisotopic (exact) mass is 351 g/mol. The normalized spacial score (nSPS) is 24.1. The average Bonchev–Trinajstić information content (AvgIpc) is 3.20. The zero-order chi connectivity index (χ0) is 17.9. The van der Waals surface area contributed by atoms with E-state index in [9.17, 15) is 9.59 Å². The number of Topliss-reactive ketones (excluding diaryl/α,β-unsaturated/α-hetero) is 1. The van der Waals surface area contributed by atoms with Crippen LogP contribution in [-0.4, -0.2) is 51.5 Å². The number of hydrogen-bond donors (Lipinski definition) is 1. The highest BCUT2D eigenvalue weighted by molar-refractivity contribution is 5.75. The standard InChI is InChI=1S/C19H29NO5/c1-15(21)8-10-23-12-13-24-11-9-20-19(22)25-14-18-16-6-4-2-3-5-7-17(16)18/h16-18H,4-14H2,1H3,(H,20,22). The molecule has 6 heteroatoms. The fourth-order valence-corrected chi connectivity index (χ4v) is 3.27. The summed E-state index contributed by atoms with van der Waals surface area (Å²) in [6.45, 7) is 4.20. The maximum atomic E-state index is 11.7. The average molecular weight is 351 g/mol. The first kappa shape index (κ1) is 19.7. The van der Waals surface area contributed by atoms with Crippen LogP contribution in [0.15, 0.2) is 0 Å². The molecule has 0 spiro atoms. The molecule has 140 valence electrons. The Morgan fingerprint density at radius 3 is 2.28 bits per heavy atom. The van der Waals surface area contributed by atoms with Crippen molar-refractivity contribution in [2.75, 3.05) is 39.6 Å². The zero-order valence-corrected chi connectivity index (χ0v) is 15.1. The highest BCUT2D eigenvalue weighted by Crippen LogP contribution is 2.52. The van der Waals surface area contributed by atoms with Gasteiger partial charge < -0.3 is 19.5 Å². The Morgan fingerprint density at radius 1 is 1.00 bits per heavy atom. The number of ketones is 1. The zero-order valence-electron chi connectivity index (χ0n) is 15.1. The summed E-state index contributed by atoms with van der Waals surface area (Å²) in [7, 11) is 0. The summed E-state index contributed by atoms with van der Waals surface area (Å²) < 4.78 is 15.9. The van der Waals surface area contributed by atoms with Crippen LogP contribution < -0.4 is 5.32 Å². The number of amides is 1. The minimum absolute atomic E-state index is 0.119. The van der Waals surface area contributed by atoms with Gasteiger partial charge in [-0.1, -0.05) is 0 Å². The molecule has 2 atom stereocenters. The highest BCUT2D eigenvalue weighted by atomic mass is 16.6. The molecule has 0 radical (unpaired) electrons. The van der Waals surface area contributed by atoms with Crippen molar-refractivity contribution in [3.05, 3.63) is 0 Å². The van der Waals surface area contributed by atoms with Crippen molar-refractivity contribution in [2.24, 2.45) is 17.8 Å². The number of nitrogens with one attached hydrogen (secondary N) is 1. The van der Waals surface area contributed by atoms with E-state index in [2.05, 4.69) is 17.2 Å². The van der Waals surface area contributed by atoms with Gasteiger partial charge in [0.05, 0.1) is 33.0 Å². The lowest BCUT2D eigenvalue weighted by atomic mass is 10.1. The van der Waals surface area contributed by atoms with Gasteiger partial charge in [0.15, 0.2) is 0 Å². The third-order valence-corrected chi connectivity index (χ3v) is 4.73. The van der Waals surface area contributed by atoms with E-state index in [1.165, 1.54) is 0 Å². The maximum Gasteiger partial charge on any atom is 0.407 e. The lowest BCUT2D eigenvalue weighted by Gasteiger charge is -2.08. The van der Waals surface area contributed by atoms with Crippen molar-refractivity contribution < 1.29 is 23.8 Å². The predicted octanol–water partition coefficient (Wildman–Crippen LogP) is 2.16. The Kier molecular flexibility index (Phi) is 8.78. The summed E-state index contributed by atoms with van der Waals surface area (Å²) >= 11 is 0. The van der Waals surface area contributed by atoms with Crippen molar-refractivity contribution in [2.45, 2.75) is 39.0 Å². The fraction of sp³-hybridized carbons (Fsp3) is 0.789. The Morgan fingerprint density at radius 2 is 1.64 bits per heavy atom. The molecule has 2 rings (SSSR count). The van der Waals surface area contributed by atoms with Gasteiger partial charge in [-0.15, -0.1) is 11.8 Å². The predicted molar refractivity (Wildman–Crippen MR) is 93.0 cm³/mol. The van der Waals surface area contributed by atoms with Crippen LogP contribution in [0.1, 0.15) is 39.0 Å². The van der Waals surface area contributed by atoms with E-state index in [0.29, 0.717) is 63.8 Å². The maximum absolute atomic E-state index is 11.7. The molecule has 6 nitrogen and oxygen atoms in total. The first-order chi connectivity index (χ1) is 12.2. The third kappa shape index (κ3) is 7.89. The number of carbonyl (C=O) groups is 2. The lowest BCUT2D eigenvalue weighted by Crippen LogP contribution is -2.29. The molecule has 2 unspecified atom stereocenters. The molecule has 0 aromatic heterocycles. The molecular formula is C19H29NO5. The summed E-state index contributed by atoms with van der Waals surface area (Å²) in [5, 5.41) is 2.69. The highest BCUT2D eigenvalue weighted by Gasteiger charge is 2.49. The van der Waals surface area contributed by atoms with Crippen LogP contribution in [0.2, 0.25) is 0 Å². The number of rotatable bonds is 11. The Labute approximate surface area is 150 Å². The molecule has 25 heavy (non-hydrogen) atoms. The molecule has 0 aromatic rings. The van der Waals surface area contributed by atoms with Gasteiger partial charge in [0, 0.05) is 25.8 Å². The fourth-order valence-electron chi connectivity index (χ4n) is 3.27. The first-order valence-electron chi connectivity index (χ1n) is 9.19. The summed E-state index contributed by atoms with van der Waals surface area (Å²) in [4.78, 5) is 22.4. The van der Waals surface area contributed by atoms with Gasteiger partial charge in [0.25, 0.3) is 0 Å². The molecule has 2 aliphatic rings. The second-order valence-electron chi connectivity index (χ2n) is 6.62. The molecule has 0 saturated heterocycles. The van der Waals surface area contributed by atoms with Crippen LogP contribution in [0, 0.1) is 29.6 Å². The van der Waals surface area contributed by atoms with E-state index in [1.807, 2.05) is 0 Å². The topological polar surface area (TPSA) is 73.9 Å². The van der Waals surface area contributed by atoms with Crippen LogP contribution in [0.25, 0.3) is 0 Å². The third-order valence-electron chi connectivity index (χ3n) is 4.73. The molecular weight excluding hydrogens is 322 g/mol. The lowest BCUT2D eigenvalue weighted by molar-refractivity contribution is -0.118. The van der Waals surface area contributed by atoms with Crippen LogP contribution in [0.5, 0.6) is 0 Å². The molecule has 0 aliphatic heterocycles. The molecule has 1 amide bonds. The van der Waals surface area contributed by atoms with Crippen LogP contribution >= 0.6 is 0 Å². The molecule has 2 aliphatic carbocycles. The molecule has 0 heterocycles. The van der Waals surface area contributed by atoms with Gasteiger partial charge in [-0.3, -0.25) is 4.79 Å². The van der Waals surface area contributed by atoms with Crippen molar-refractivity contribution in [3.63, 3.8) is 0 Å². The molecule has 0 bridgehead atoms. The van der Waals surface area contributed by atoms with E-state index >= 15 is 0 Å². The van der Waals surface area contributed by atoms with Gasteiger partial charge >= 0.3 is 6.09 Å². The minimum atomic E-state index is -0.378. The molecule has 1 fully saturated rings. The molecule has 1 saturated carbocycles. The number of ether oxygens (including phenoxy) is 3. The Balaban J connectivity index is 1.40. The van der Waals surface area contributed by atoms with Gasteiger partial charge in [0.2, 0.25) is 0 Å². The smallest absolute Gasteiger partial charge is 0.407 e. The van der Waals surface area contributed by atoms with Crippen molar-refractivity contribution in [1.82, 2.24) is 5.32 Å². The van der Waals surface area contributed by atoms with Crippen LogP contribution in [0.4, 0.5) is 4.79 Å². The second kappa shape index (κ2) is 11.1. The van der Waals surface area contributed by atoms with Gasteiger partial charge in [-0.05, 0) is 37.5 Å². The van der Waals surface area contributed by atoms with Gasteiger partial charge in [0.1, 0.15) is 5.78 Å². The van der Waals surface area contributed by atoms with Crippen molar-refractivity contribution in [3.8, 4) is 11.8 Å². The second-order valence-corrected chi connectivity index (χ2v) is 6.62. The van der Waals surface area contributed by atoms with E-state index in [4.69, 9.17) is 14.2 Å². The summed E-state index contributed by atoms with van der Waals surface area (Å²) in [5.74, 6) is 8.37. The Hall–Kier alpha value is -1.58. The Bertz CT molecular complexity index is 478. The van der Waals surface area contributed by atoms with E-state index in [1.54, 1.807) is 6.92 Å². The molecule has 1 N–H and O–H groups in total. The van der Waals surface area contributed by atoms with E-state index in [0.717, 1.165) is 25.7 Å².